The number of nitro benzene ring substituents is 1. The third kappa shape index (κ3) is 2.97. The number of carbonyl (C=O) groups is 1. The van der Waals surface area contributed by atoms with Crippen LogP contribution in [0.15, 0.2) is 42.5 Å². The Labute approximate surface area is 114 Å². The molecule has 1 N–H and O–H groups in total. The summed E-state index contributed by atoms with van der Waals surface area (Å²) >= 11 is 0. The van der Waals surface area contributed by atoms with Crippen LogP contribution in [0, 0.1) is 22.9 Å². The van der Waals surface area contributed by atoms with E-state index in [1.54, 1.807) is 13.0 Å². The molecule has 0 radical (unpaired) electrons. The summed E-state index contributed by atoms with van der Waals surface area (Å²) in [5.41, 5.74) is 0.999. The second-order valence-corrected chi connectivity index (χ2v) is 4.24. The minimum Gasteiger partial charge on any atom is -0.319 e. The van der Waals surface area contributed by atoms with Crippen LogP contribution in [0.25, 0.3) is 0 Å². The summed E-state index contributed by atoms with van der Waals surface area (Å²) in [5, 5.41) is 12.9. The van der Waals surface area contributed by atoms with Crippen molar-refractivity contribution in [2.75, 3.05) is 5.32 Å². The zero-order valence-corrected chi connectivity index (χ0v) is 10.6. The van der Waals surface area contributed by atoms with E-state index in [-0.39, 0.29) is 16.9 Å². The van der Waals surface area contributed by atoms with Crippen LogP contribution in [-0.2, 0) is 0 Å². The molecule has 0 aromatic heterocycles. The van der Waals surface area contributed by atoms with Gasteiger partial charge in [0, 0.05) is 17.7 Å². The Morgan fingerprint density at radius 3 is 2.45 bits per heavy atom. The summed E-state index contributed by atoms with van der Waals surface area (Å²) in [4.78, 5) is 21.9. The molecule has 0 saturated carbocycles. The number of nitro groups is 1. The molecule has 0 atom stereocenters. The van der Waals surface area contributed by atoms with Crippen LogP contribution >= 0.6 is 0 Å². The maximum atomic E-state index is 13.5. The summed E-state index contributed by atoms with van der Waals surface area (Å²) in [6, 6.07) is 9.46. The number of halogens is 1. The Bertz CT molecular complexity index is 669. The standard InChI is InChI=1S/C14H11FN2O3/c1-9-2-7-12(15)13(8-9)16-14(18)10-3-5-11(6-4-10)17(19)20/h2-8H,1H3,(H,16,18). The van der Waals surface area contributed by atoms with E-state index in [4.69, 9.17) is 0 Å². The van der Waals surface area contributed by atoms with Crippen molar-refractivity contribution in [1.82, 2.24) is 0 Å². The molecule has 0 fully saturated rings. The molecule has 0 saturated heterocycles. The number of amides is 1. The molecule has 2 aromatic rings. The molecule has 102 valence electrons. The van der Waals surface area contributed by atoms with E-state index in [2.05, 4.69) is 5.32 Å². The van der Waals surface area contributed by atoms with Gasteiger partial charge in [0.1, 0.15) is 5.82 Å². The Kier molecular flexibility index (Phi) is 3.74. The smallest absolute Gasteiger partial charge is 0.269 e. The van der Waals surface area contributed by atoms with Gasteiger partial charge in [-0.1, -0.05) is 6.07 Å². The highest BCUT2D eigenvalue weighted by atomic mass is 19.1. The number of carbonyl (C=O) groups excluding carboxylic acids is 1. The van der Waals surface area contributed by atoms with Crippen molar-refractivity contribution in [1.29, 1.82) is 0 Å². The number of hydrogen-bond donors (Lipinski definition) is 1. The molecule has 5 nitrogen and oxygen atoms in total. The lowest BCUT2D eigenvalue weighted by atomic mass is 10.1. The van der Waals surface area contributed by atoms with Crippen molar-refractivity contribution in [3.8, 4) is 0 Å². The highest BCUT2D eigenvalue weighted by molar-refractivity contribution is 6.04. The summed E-state index contributed by atoms with van der Waals surface area (Å²) in [5.74, 6) is -1.06. The lowest BCUT2D eigenvalue weighted by Gasteiger charge is -2.07. The maximum Gasteiger partial charge on any atom is 0.269 e. The SMILES string of the molecule is Cc1ccc(F)c(NC(=O)c2ccc([N+](=O)[O-])cc2)c1. The fourth-order valence-electron chi connectivity index (χ4n) is 1.66. The number of benzene rings is 2. The number of nitrogens with zero attached hydrogens (tertiary/aromatic N) is 1. The monoisotopic (exact) mass is 274 g/mol. The van der Waals surface area contributed by atoms with Gasteiger partial charge in [0.25, 0.3) is 11.6 Å². The largest absolute Gasteiger partial charge is 0.319 e. The number of rotatable bonds is 3. The van der Waals surface area contributed by atoms with Gasteiger partial charge in [-0.05, 0) is 36.8 Å². The molecule has 0 aliphatic carbocycles. The lowest BCUT2D eigenvalue weighted by Crippen LogP contribution is -2.13. The van der Waals surface area contributed by atoms with Crippen LogP contribution in [-0.4, -0.2) is 10.8 Å². The quantitative estimate of drug-likeness (QED) is 0.689. The van der Waals surface area contributed by atoms with E-state index in [1.165, 1.54) is 36.4 Å². The molecule has 0 spiro atoms. The maximum absolute atomic E-state index is 13.5. The van der Waals surface area contributed by atoms with Crippen LogP contribution in [0.5, 0.6) is 0 Å². The Morgan fingerprint density at radius 1 is 1.20 bits per heavy atom. The van der Waals surface area contributed by atoms with Gasteiger partial charge in [-0.2, -0.15) is 0 Å². The number of nitrogens with one attached hydrogen (secondary N) is 1. The van der Waals surface area contributed by atoms with E-state index in [9.17, 15) is 19.3 Å². The first kappa shape index (κ1) is 13.7. The van der Waals surface area contributed by atoms with Crippen molar-refractivity contribution in [3.05, 3.63) is 69.5 Å². The third-order valence-electron chi connectivity index (χ3n) is 2.71. The fourth-order valence-corrected chi connectivity index (χ4v) is 1.66. The Hall–Kier alpha value is -2.76. The van der Waals surface area contributed by atoms with Gasteiger partial charge in [-0.25, -0.2) is 4.39 Å². The van der Waals surface area contributed by atoms with Crippen LogP contribution in [0.1, 0.15) is 15.9 Å². The zero-order chi connectivity index (χ0) is 14.7. The minimum atomic E-state index is -0.554. The second kappa shape index (κ2) is 5.48. The zero-order valence-electron chi connectivity index (χ0n) is 10.6. The van der Waals surface area contributed by atoms with Gasteiger partial charge in [0.15, 0.2) is 0 Å². The number of anilines is 1. The average molecular weight is 274 g/mol. The molecule has 2 aromatic carbocycles. The van der Waals surface area contributed by atoms with E-state index in [1.807, 2.05) is 0 Å². The molecular weight excluding hydrogens is 263 g/mol. The van der Waals surface area contributed by atoms with Crippen LogP contribution in [0.2, 0.25) is 0 Å². The summed E-state index contributed by atoms with van der Waals surface area (Å²) in [7, 11) is 0. The topological polar surface area (TPSA) is 72.2 Å². The van der Waals surface area contributed by atoms with Gasteiger partial charge in [0.2, 0.25) is 0 Å². The number of hydrogen-bond acceptors (Lipinski definition) is 3. The predicted octanol–water partition coefficient (Wildman–Crippen LogP) is 3.29. The summed E-state index contributed by atoms with van der Waals surface area (Å²) in [6.07, 6.45) is 0. The van der Waals surface area contributed by atoms with Gasteiger partial charge in [-0.3, -0.25) is 14.9 Å². The van der Waals surface area contributed by atoms with Crippen molar-refractivity contribution in [2.45, 2.75) is 6.92 Å². The first-order valence-corrected chi connectivity index (χ1v) is 5.79. The number of aryl methyl sites for hydroxylation is 1. The molecule has 2 rings (SSSR count). The third-order valence-corrected chi connectivity index (χ3v) is 2.71. The normalized spacial score (nSPS) is 10.1. The minimum absolute atomic E-state index is 0.0772. The Balaban J connectivity index is 2.19. The van der Waals surface area contributed by atoms with Gasteiger partial charge >= 0.3 is 0 Å². The van der Waals surface area contributed by atoms with Crippen LogP contribution < -0.4 is 5.32 Å². The van der Waals surface area contributed by atoms with E-state index >= 15 is 0 Å². The summed E-state index contributed by atoms with van der Waals surface area (Å²) < 4.78 is 13.5. The average Bonchev–Trinajstić information content (AvgIpc) is 2.43. The van der Waals surface area contributed by atoms with Crippen molar-refractivity contribution >= 4 is 17.3 Å². The first-order valence-electron chi connectivity index (χ1n) is 5.79. The first-order chi connectivity index (χ1) is 9.47. The second-order valence-electron chi connectivity index (χ2n) is 4.24. The highest BCUT2D eigenvalue weighted by Gasteiger charge is 2.11. The molecule has 0 bridgehead atoms. The highest BCUT2D eigenvalue weighted by Crippen LogP contribution is 2.18. The van der Waals surface area contributed by atoms with E-state index in [0.29, 0.717) is 0 Å². The van der Waals surface area contributed by atoms with Crippen LogP contribution in [0.4, 0.5) is 15.8 Å². The van der Waals surface area contributed by atoms with Crippen LogP contribution in [0.3, 0.4) is 0 Å². The van der Waals surface area contributed by atoms with Crippen molar-refractivity contribution < 1.29 is 14.1 Å². The van der Waals surface area contributed by atoms with E-state index < -0.39 is 16.6 Å². The number of non-ortho nitro benzene ring substituents is 1. The lowest BCUT2D eigenvalue weighted by molar-refractivity contribution is -0.384. The molecule has 6 heteroatoms. The van der Waals surface area contributed by atoms with E-state index in [0.717, 1.165) is 5.56 Å². The van der Waals surface area contributed by atoms with Gasteiger partial charge in [-0.15, -0.1) is 0 Å². The predicted molar refractivity (Wildman–Crippen MR) is 72.2 cm³/mol. The molecule has 0 heterocycles. The van der Waals surface area contributed by atoms with Crippen molar-refractivity contribution in [3.63, 3.8) is 0 Å². The van der Waals surface area contributed by atoms with Crippen molar-refractivity contribution in [2.24, 2.45) is 0 Å². The molecule has 0 aliphatic rings. The fraction of sp³-hybridized carbons (Fsp3) is 0.0714. The molecule has 20 heavy (non-hydrogen) atoms. The Morgan fingerprint density at radius 2 is 1.85 bits per heavy atom. The molecule has 0 unspecified atom stereocenters. The van der Waals surface area contributed by atoms with Gasteiger partial charge in [0.05, 0.1) is 10.6 Å². The molecule has 0 aliphatic heterocycles. The van der Waals surface area contributed by atoms with Gasteiger partial charge < -0.3 is 5.32 Å². The molecular formula is C14H11FN2O3. The summed E-state index contributed by atoms with van der Waals surface area (Å²) in [6.45, 7) is 1.78. The molecule has 1 amide bonds.